The molecule has 7 heteroatoms. The highest BCUT2D eigenvalue weighted by molar-refractivity contribution is 7.92. The van der Waals surface area contributed by atoms with Gasteiger partial charge in [0.1, 0.15) is 4.90 Å². The molecule has 0 spiro atoms. The zero-order chi connectivity index (χ0) is 13.5. The molecule has 0 bridgehead atoms. The molecule has 2 heterocycles. The van der Waals surface area contributed by atoms with Gasteiger partial charge in [-0.3, -0.25) is 9.40 Å². The Morgan fingerprint density at radius 2 is 2.16 bits per heavy atom. The predicted octanol–water partition coefficient (Wildman–Crippen LogP) is 0.488. The molecule has 3 rings (SSSR count). The minimum absolute atomic E-state index is 0.149. The van der Waals surface area contributed by atoms with Crippen LogP contribution in [0.5, 0.6) is 0 Å². The Morgan fingerprint density at radius 3 is 2.89 bits per heavy atom. The molecule has 1 aliphatic rings. The molecule has 19 heavy (non-hydrogen) atoms. The normalized spacial score (nSPS) is 19.2. The third-order valence-corrected chi connectivity index (χ3v) is 4.95. The molecular weight excluding hydrogens is 264 g/mol. The summed E-state index contributed by atoms with van der Waals surface area (Å²) in [6.07, 6.45) is 3.36. The number of nitrogens with one attached hydrogen (secondary N) is 1. The number of sulfonamides is 1. The fourth-order valence-corrected chi connectivity index (χ4v) is 3.79. The molecule has 0 aliphatic carbocycles. The van der Waals surface area contributed by atoms with Crippen LogP contribution >= 0.6 is 0 Å². The summed E-state index contributed by atoms with van der Waals surface area (Å²) in [4.78, 5) is 0.149. The third kappa shape index (κ3) is 2.00. The van der Waals surface area contributed by atoms with Crippen molar-refractivity contribution in [2.24, 2.45) is 5.73 Å². The van der Waals surface area contributed by atoms with E-state index in [1.165, 1.54) is 16.7 Å². The van der Waals surface area contributed by atoms with E-state index < -0.39 is 10.0 Å². The number of benzene rings is 1. The van der Waals surface area contributed by atoms with Crippen LogP contribution in [0.15, 0.2) is 41.6 Å². The lowest BCUT2D eigenvalue weighted by atomic mass is 10.0. The topological polar surface area (TPSA) is 92.1 Å². The summed E-state index contributed by atoms with van der Waals surface area (Å²) >= 11 is 0. The van der Waals surface area contributed by atoms with Crippen molar-refractivity contribution in [2.75, 3.05) is 10.8 Å². The first-order valence-electron chi connectivity index (χ1n) is 5.94. The summed E-state index contributed by atoms with van der Waals surface area (Å²) in [5.74, 6) is 0. The SMILES string of the molecule is NC1Cc2ccccc2N(S(=O)(=O)c2cn[nH]c2)C1. The Labute approximate surface area is 111 Å². The number of para-hydroxylation sites is 1. The van der Waals surface area contributed by atoms with Crippen LogP contribution in [-0.4, -0.2) is 31.2 Å². The molecule has 1 atom stereocenters. The van der Waals surface area contributed by atoms with Crippen molar-refractivity contribution in [2.45, 2.75) is 17.4 Å². The average Bonchev–Trinajstić information content (AvgIpc) is 2.92. The molecule has 0 amide bonds. The van der Waals surface area contributed by atoms with E-state index in [9.17, 15) is 8.42 Å². The molecule has 3 N–H and O–H groups in total. The van der Waals surface area contributed by atoms with E-state index in [1.807, 2.05) is 18.2 Å². The Balaban J connectivity index is 2.11. The number of aromatic amines is 1. The van der Waals surface area contributed by atoms with Gasteiger partial charge in [0.2, 0.25) is 0 Å². The summed E-state index contributed by atoms with van der Waals surface area (Å²) in [6.45, 7) is 0.282. The Bertz CT molecular complexity index is 682. The maximum absolute atomic E-state index is 12.6. The van der Waals surface area contributed by atoms with Crippen molar-refractivity contribution < 1.29 is 8.42 Å². The summed E-state index contributed by atoms with van der Waals surface area (Å²) in [5, 5.41) is 6.22. The molecule has 1 aliphatic heterocycles. The lowest BCUT2D eigenvalue weighted by molar-refractivity contribution is 0.575. The molecule has 0 saturated heterocycles. The van der Waals surface area contributed by atoms with Gasteiger partial charge in [-0.25, -0.2) is 8.42 Å². The number of anilines is 1. The number of nitrogens with two attached hydrogens (primary N) is 1. The van der Waals surface area contributed by atoms with E-state index in [1.54, 1.807) is 6.07 Å². The van der Waals surface area contributed by atoms with E-state index in [2.05, 4.69) is 10.2 Å². The summed E-state index contributed by atoms with van der Waals surface area (Å²) < 4.78 is 26.5. The van der Waals surface area contributed by atoms with Crippen LogP contribution < -0.4 is 10.0 Å². The average molecular weight is 278 g/mol. The fourth-order valence-electron chi connectivity index (χ4n) is 2.32. The molecule has 1 unspecified atom stereocenters. The second-order valence-corrected chi connectivity index (χ2v) is 6.43. The molecule has 0 fully saturated rings. The van der Waals surface area contributed by atoms with E-state index >= 15 is 0 Å². The number of rotatable bonds is 2. The van der Waals surface area contributed by atoms with Crippen molar-refractivity contribution in [1.29, 1.82) is 0 Å². The van der Waals surface area contributed by atoms with Gasteiger partial charge in [-0.1, -0.05) is 18.2 Å². The molecule has 6 nitrogen and oxygen atoms in total. The number of hydrogen-bond donors (Lipinski definition) is 2. The van der Waals surface area contributed by atoms with E-state index in [0.29, 0.717) is 12.1 Å². The monoisotopic (exact) mass is 278 g/mol. The largest absolute Gasteiger partial charge is 0.326 e. The van der Waals surface area contributed by atoms with Gasteiger partial charge in [0.15, 0.2) is 0 Å². The lowest BCUT2D eigenvalue weighted by Crippen LogP contribution is -2.46. The number of fused-ring (bicyclic) bond motifs is 1. The van der Waals surface area contributed by atoms with Crippen LogP contribution in [0.2, 0.25) is 0 Å². The lowest BCUT2D eigenvalue weighted by Gasteiger charge is -2.33. The Morgan fingerprint density at radius 1 is 1.37 bits per heavy atom. The van der Waals surface area contributed by atoms with Crippen LogP contribution in [0.3, 0.4) is 0 Å². The molecule has 0 saturated carbocycles. The summed E-state index contributed by atoms with van der Waals surface area (Å²) in [5.41, 5.74) is 7.61. The fraction of sp³-hybridized carbons (Fsp3) is 0.250. The minimum atomic E-state index is -3.61. The van der Waals surface area contributed by atoms with Crippen LogP contribution in [-0.2, 0) is 16.4 Å². The molecule has 1 aromatic carbocycles. The minimum Gasteiger partial charge on any atom is -0.326 e. The molecule has 0 radical (unpaired) electrons. The van der Waals surface area contributed by atoms with Crippen molar-refractivity contribution >= 4 is 15.7 Å². The number of aromatic nitrogens is 2. The first-order valence-corrected chi connectivity index (χ1v) is 7.38. The van der Waals surface area contributed by atoms with E-state index in [0.717, 1.165) is 5.56 Å². The van der Waals surface area contributed by atoms with Gasteiger partial charge in [-0.05, 0) is 18.1 Å². The van der Waals surface area contributed by atoms with Gasteiger partial charge in [0.05, 0.1) is 11.9 Å². The molecule has 1 aromatic heterocycles. The van der Waals surface area contributed by atoms with Crippen LogP contribution in [0.4, 0.5) is 5.69 Å². The van der Waals surface area contributed by atoms with Crippen molar-refractivity contribution in [3.63, 3.8) is 0 Å². The highest BCUT2D eigenvalue weighted by Gasteiger charge is 2.32. The van der Waals surface area contributed by atoms with E-state index in [-0.39, 0.29) is 17.5 Å². The first kappa shape index (κ1) is 12.2. The highest BCUT2D eigenvalue weighted by Crippen LogP contribution is 2.31. The Hall–Kier alpha value is -1.86. The zero-order valence-electron chi connectivity index (χ0n) is 10.2. The third-order valence-electron chi connectivity index (χ3n) is 3.20. The van der Waals surface area contributed by atoms with Gasteiger partial charge in [0.25, 0.3) is 10.0 Å². The second kappa shape index (κ2) is 4.36. The van der Waals surface area contributed by atoms with E-state index in [4.69, 9.17) is 5.73 Å². The van der Waals surface area contributed by atoms with Crippen molar-refractivity contribution in [3.05, 3.63) is 42.2 Å². The molecule has 2 aromatic rings. The second-order valence-electron chi connectivity index (χ2n) is 4.56. The zero-order valence-corrected chi connectivity index (χ0v) is 11.0. The van der Waals surface area contributed by atoms with Gasteiger partial charge < -0.3 is 5.73 Å². The Kier molecular flexibility index (Phi) is 2.79. The standard InChI is InChI=1S/C12H14N4O2S/c13-10-5-9-3-1-2-4-12(9)16(8-10)19(17,18)11-6-14-15-7-11/h1-4,6-7,10H,5,8,13H2,(H,14,15). The van der Waals surface area contributed by atoms with Gasteiger partial charge in [-0.2, -0.15) is 5.10 Å². The predicted molar refractivity (Wildman–Crippen MR) is 71.2 cm³/mol. The summed E-state index contributed by atoms with van der Waals surface area (Å²) in [7, 11) is -3.61. The quantitative estimate of drug-likeness (QED) is 0.836. The van der Waals surface area contributed by atoms with Gasteiger partial charge >= 0.3 is 0 Å². The maximum Gasteiger partial charge on any atom is 0.267 e. The van der Waals surface area contributed by atoms with Crippen LogP contribution in [0.1, 0.15) is 5.56 Å². The first-order chi connectivity index (χ1) is 9.09. The van der Waals surface area contributed by atoms with Gasteiger partial charge in [-0.15, -0.1) is 0 Å². The number of hydrogen-bond acceptors (Lipinski definition) is 4. The highest BCUT2D eigenvalue weighted by atomic mass is 32.2. The van der Waals surface area contributed by atoms with Crippen LogP contribution in [0, 0.1) is 0 Å². The smallest absolute Gasteiger partial charge is 0.267 e. The van der Waals surface area contributed by atoms with Gasteiger partial charge in [0, 0.05) is 18.8 Å². The number of H-pyrrole nitrogens is 1. The van der Waals surface area contributed by atoms with Crippen molar-refractivity contribution in [3.8, 4) is 0 Å². The molecular formula is C12H14N4O2S. The number of nitrogens with zero attached hydrogens (tertiary/aromatic N) is 2. The van der Waals surface area contributed by atoms with Crippen molar-refractivity contribution in [1.82, 2.24) is 10.2 Å². The molecule has 100 valence electrons. The van der Waals surface area contributed by atoms with Crippen LogP contribution in [0.25, 0.3) is 0 Å². The summed E-state index contributed by atoms with van der Waals surface area (Å²) in [6, 6.07) is 7.23. The maximum atomic E-state index is 12.6.